The predicted molar refractivity (Wildman–Crippen MR) is 113 cm³/mol. The van der Waals surface area contributed by atoms with E-state index in [2.05, 4.69) is 35.7 Å². The van der Waals surface area contributed by atoms with Crippen molar-refractivity contribution in [3.05, 3.63) is 72.1 Å². The van der Waals surface area contributed by atoms with Crippen LogP contribution in [0.2, 0.25) is 0 Å². The molecule has 0 saturated heterocycles. The molecule has 0 saturated carbocycles. The van der Waals surface area contributed by atoms with E-state index in [1.807, 2.05) is 49.7 Å². The number of esters is 1. The lowest BCUT2D eigenvalue weighted by atomic mass is 10.2. The van der Waals surface area contributed by atoms with E-state index in [0.29, 0.717) is 6.54 Å². The number of hydrogen-bond acceptors (Lipinski definition) is 7. The van der Waals surface area contributed by atoms with Gasteiger partial charge >= 0.3 is 5.97 Å². The number of fused-ring (bicyclic) bond motifs is 1. The molecule has 2 aliphatic rings. The summed E-state index contributed by atoms with van der Waals surface area (Å²) in [5.41, 5.74) is 1.93. The Balaban J connectivity index is 1.47. The van der Waals surface area contributed by atoms with Crippen molar-refractivity contribution in [1.82, 2.24) is 14.5 Å². The van der Waals surface area contributed by atoms with Gasteiger partial charge in [0.2, 0.25) is 11.7 Å². The zero-order valence-corrected chi connectivity index (χ0v) is 16.9. The zero-order valence-electron chi connectivity index (χ0n) is 16.0. The first kappa shape index (κ1) is 19.0. The number of carbonyl (C=O) groups is 1. The lowest BCUT2D eigenvalue weighted by Gasteiger charge is -2.27. The van der Waals surface area contributed by atoms with Gasteiger partial charge < -0.3 is 4.74 Å². The summed E-state index contributed by atoms with van der Waals surface area (Å²) in [6.45, 7) is 2.68. The molecule has 4 rings (SSSR count). The summed E-state index contributed by atoms with van der Waals surface area (Å²) in [6.07, 6.45) is 9.05. The van der Waals surface area contributed by atoms with E-state index < -0.39 is 0 Å². The minimum atomic E-state index is -0.368. The minimum Gasteiger partial charge on any atom is -0.466 e. The van der Waals surface area contributed by atoms with Crippen LogP contribution in [-0.4, -0.2) is 40.0 Å². The van der Waals surface area contributed by atoms with Crippen LogP contribution in [0.1, 0.15) is 11.3 Å². The van der Waals surface area contributed by atoms with E-state index in [1.165, 1.54) is 13.2 Å². The number of benzene rings is 1. The molecule has 0 radical (unpaired) electrons. The Morgan fingerprint density at radius 2 is 2.21 bits per heavy atom. The third kappa shape index (κ3) is 4.58. The lowest BCUT2D eigenvalue weighted by molar-refractivity contribution is -0.699. The Hall–Kier alpha value is -3.30. The molecule has 9 heteroatoms. The summed E-state index contributed by atoms with van der Waals surface area (Å²) in [7, 11) is 1.36. The van der Waals surface area contributed by atoms with E-state index in [4.69, 9.17) is 0 Å². The molecule has 0 fully saturated rings. The topological polar surface area (TPSA) is 87.0 Å². The van der Waals surface area contributed by atoms with Crippen LogP contribution in [0.3, 0.4) is 0 Å². The fourth-order valence-corrected chi connectivity index (χ4v) is 3.80. The fourth-order valence-electron chi connectivity index (χ4n) is 2.93. The van der Waals surface area contributed by atoms with Gasteiger partial charge in [-0.05, 0) is 42.6 Å². The van der Waals surface area contributed by atoms with Crippen LogP contribution in [0.4, 0.5) is 5.82 Å². The molecular formula is C20H21N6O2S+. The van der Waals surface area contributed by atoms with Crippen LogP contribution >= 0.6 is 11.9 Å². The van der Waals surface area contributed by atoms with Gasteiger partial charge in [-0.1, -0.05) is 12.1 Å². The van der Waals surface area contributed by atoms with Crippen LogP contribution in [0, 0.1) is 6.92 Å². The van der Waals surface area contributed by atoms with Crippen molar-refractivity contribution in [3.63, 3.8) is 0 Å². The molecule has 2 aromatic rings. The number of H-pyrrole nitrogens is 1. The van der Waals surface area contributed by atoms with Gasteiger partial charge in [-0.2, -0.15) is 5.10 Å². The van der Waals surface area contributed by atoms with E-state index in [1.54, 1.807) is 18.0 Å². The van der Waals surface area contributed by atoms with Gasteiger partial charge in [0.25, 0.3) is 0 Å². The summed E-state index contributed by atoms with van der Waals surface area (Å²) in [5, 5.41) is 10.6. The van der Waals surface area contributed by atoms with E-state index in [9.17, 15) is 4.79 Å². The average Bonchev–Trinajstić information content (AvgIpc) is 3.36. The van der Waals surface area contributed by atoms with Crippen LogP contribution in [0.15, 0.2) is 70.7 Å². The molecule has 0 spiro atoms. The van der Waals surface area contributed by atoms with Gasteiger partial charge in [-0.25, -0.2) is 14.7 Å². The highest BCUT2D eigenvalue weighted by Crippen LogP contribution is 2.25. The first-order valence-electron chi connectivity index (χ1n) is 9.03. The zero-order chi connectivity index (χ0) is 20.2. The number of hydrogen-bond donors (Lipinski definition) is 3. The van der Waals surface area contributed by atoms with Crippen molar-refractivity contribution in [2.24, 2.45) is 4.99 Å². The number of aryl methyl sites for hydroxylation is 1. The number of anilines is 1. The number of aliphatic imine (C=N–C) groups is 1. The molecule has 3 heterocycles. The first-order chi connectivity index (χ1) is 14.1. The molecule has 1 aromatic carbocycles. The van der Waals surface area contributed by atoms with Gasteiger partial charge in [-0.3, -0.25) is 14.7 Å². The number of carbonyl (C=O) groups excluding carboxylic acids is 1. The number of methoxy groups -OCH3 is 1. The molecule has 1 unspecified atom stereocenters. The second kappa shape index (κ2) is 8.38. The first-order valence-corrected chi connectivity index (χ1v) is 9.80. The Morgan fingerprint density at radius 1 is 1.38 bits per heavy atom. The van der Waals surface area contributed by atoms with E-state index >= 15 is 0 Å². The van der Waals surface area contributed by atoms with Gasteiger partial charge in [0.15, 0.2) is 5.82 Å². The molecule has 8 nitrogen and oxygen atoms in total. The summed E-state index contributed by atoms with van der Waals surface area (Å²) in [5.74, 6) is 2.38. The monoisotopic (exact) mass is 409 g/mol. The van der Waals surface area contributed by atoms with Gasteiger partial charge in [-0.15, -0.1) is 0 Å². The minimum absolute atomic E-state index is 0.368. The van der Waals surface area contributed by atoms with Crippen LogP contribution in [0.25, 0.3) is 6.08 Å². The maximum atomic E-state index is 11.2. The predicted octanol–water partition coefficient (Wildman–Crippen LogP) is 1.91. The van der Waals surface area contributed by atoms with Gasteiger partial charge in [0.1, 0.15) is 12.7 Å². The summed E-state index contributed by atoms with van der Waals surface area (Å²) < 4.78 is 6.75. The van der Waals surface area contributed by atoms with Crippen molar-refractivity contribution in [2.75, 3.05) is 19.0 Å². The summed E-state index contributed by atoms with van der Waals surface area (Å²) in [6, 6.07) is 9.94. The molecule has 0 bridgehead atoms. The fraction of sp³-hybridized carbons (Fsp3) is 0.150. The van der Waals surface area contributed by atoms with Crippen LogP contribution < -0.4 is 10.2 Å². The third-order valence-electron chi connectivity index (χ3n) is 4.34. The number of nitrogens with one attached hydrogen (secondary N) is 3. The average molecular weight is 409 g/mol. The number of aromatic nitrogens is 2. The highest BCUT2D eigenvalue weighted by molar-refractivity contribution is 7.97. The third-order valence-corrected chi connectivity index (χ3v) is 5.29. The van der Waals surface area contributed by atoms with Crippen LogP contribution in [-0.2, 0) is 9.53 Å². The van der Waals surface area contributed by atoms with Gasteiger partial charge in [0, 0.05) is 22.7 Å². The summed E-state index contributed by atoms with van der Waals surface area (Å²) >= 11 is 1.62. The van der Waals surface area contributed by atoms with Gasteiger partial charge in [0.05, 0.1) is 19.5 Å². The van der Waals surface area contributed by atoms with E-state index in [-0.39, 0.29) is 5.97 Å². The Morgan fingerprint density at radius 3 is 2.93 bits per heavy atom. The number of nitrogens with zero attached hydrogens (tertiary/aromatic N) is 3. The molecule has 2 aliphatic heterocycles. The molecule has 1 atom stereocenters. The molecule has 0 amide bonds. The Labute approximate surface area is 172 Å². The molecule has 1 aromatic heterocycles. The highest BCUT2D eigenvalue weighted by Gasteiger charge is 2.31. The maximum absolute atomic E-state index is 11.2. The molecule has 148 valence electrons. The normalized spacial score (nSPS) is 17.9. The number of aromatic amines is 1. The Kier molecular flexibility index (Phi) is 5.50. The lowest BCUT2D eigenvalue weighted by Crippen LogP contribution is -3.10. The van der Waals surface area contributed by atoms with Crippen molar-refractivity contribution in [3.8, 4) is 0 Å². The van der Waals surface area contributed by atoms with Crippen molar-refractivity contribution < 1.29 is 14.4 Å². The van der Waals surface area contributed by atoms with Crippen LogP contribution in [0.5, 0.6) is 0 Å². The smallest absolute Gasteiger partial charge is 0.330 e. The second-order valence-corrected chi connectivity index (χ2v) is 7.62. The molecule has 0 aliphatic carbocycles. The number of quaternary nitrogens is 1. The number of ether oxygens (including phenoxy) is 1. The van der Waals surface area contributed by atoms with Crippen molar-refractivity contribution in [2.45, 2.75) is 11.8 Å². The maximum Gasteiger partial charge on any atom is 0.330 e. The largest absolute Gasteiger partial charge is 0.466 e. The molecule has 3 N–H and O–H groups in total. The van der Waals surface area contributed by atoms with Crippen molar-refractivity contribution in [1.29, 1.82) is 0 Å². The molecular weight excluding hydrogens is 388 g/mol. The second-order valence-electron chi connectivity index (χ2n) is 6.50. The quantitative estimate of drug-likeness (QED) is 0.384. The standard InChI is InChI=1S/C20H20N6O2S/c1-14-11-17(24-23-14)22-19-13-25(12-18-21-9-10-26(18)19)29-16-6-3-15(4-7-16)5-8-20(27)28-2/h3-11,13H,12H2,1-2H3,(H2,22,23,24)/p+1. The number of amidine groups is 1. The van der Waals surface area contributed by atoms with Crippen molar-refractivity contribution >= 4 is 35.6 Å². The summed E-state index contributed by atoms with van der Waals surface area (Å²) in [4.78, 5) is 17.9. The number of rotatable bonds is 6. The SMILES string of the molecule is COC(=O)C=Cc1ccc(SN2C=C(Nc3cc(C)[nH]n3)[NH+]3C=CN=C3C2)cc1. The Bertz CT molecular complexity index is 1020. The van der Waals surface area contributed by atoms with E-state index in [0.717, 1.165) is 38.5 Å². The highest BCUT2D eigenvalue weighted by atomic mass is 32.2. The molecule has 29 heavy (non-hydrogen) atoms.